The first kappa shape index (κ1) is 15.0. The van der Waals surface area contributed by atoms with E-state index in [1.165, 1.54) is 0 Å². The van der Waals surface area contributed by atoms with E-state index in [2.05, 4.69) is 0 Å². The van der Waals surface area contributed by atoms with Crippen molar-refractivity contribution in [2.24, 2.45) is 11.7 Å². The first-order chi connectivity index (χ1) is 9.52. The van der Waals surface area contributed by atoms with Gasteiger partial charge in [0.2, 0.25) is 0 Å². The highest BCUT2D eigenvalue weighted by Crippen LogP contribution is 2.41. The Morgan fingerprint density at radius 3 is 2.75 bits per heavy atom. The van der Waals surface area contributed by atoms with Gasteiger partial charge in [-0.3, -0.25) is 4.79 Å². The van der Waals surface area contributed by atoms with Crippen LogP contribution in [0.25, 0.3) is 0 Å². The number of carboxylic acids is 1. The summed E-state index contributed by atoms with van der Waals surface area (Å²) in [5.74, 6) is -1.30. The average molecular weight is 277 g/mol. The first-order valence-electron chi connectivity index (χ1n) is 6.93. The molecule has 0 radical (unpaired) electrons. The van der Waals surface area contributed by atoms with Crippen molar-refractivity contribution in [2.45, 2.75) is 38.0 Å². The molecular formula is C14H20BNO4. The molecule has 2 atom stereocenters. The fraction of sp³-hybridized carbons (Fsp3) is 0.500. The smallest absolute Gasteiger partial charge is 0.451 e. The molecule has 1 aliphatic rings. The Balaban J connectivity index is 2.14. The van der Waals surface area contributed by atoms with Crippen LogP contribution in [0, 0.1) is 5.92 Å². The summed E-state index contributed by atoms with van der Waals surface area (Å²) in [6.07, 6.45) is 2.32. The van der Waals surface area contributed by atoms with Crippen molar-refractivity contribution in [3.63, 3.8) is 0 Å². The van der Waals surface area contributed by atoms with Crippen LogP contribution in [0.5, 0.6) is 0 Å². The van der Waals surface area contributed by atoms with Gasteiger partial charge < -0.3 is 20.9 Å². The monoisotopic (exact) mass is 277 g/mol. The third-order valence-corrected chi connectivity index (χ3v) is 4.04. The molecule has 0 fully saturated rings. The van der Waals surface area contributed by atoms with Gasteiger partial charge in [-0.2, -0.15) is 0 Å². The molecule has 1 aliphatic carbocycles. The van der Waals surface area contributed by atoms with Gasteiger partial charge in [0.15, 0.2) is 0 Å². The molecule has 0 spiro atoms. The number of hydrogen-bond donors (Lipinski definition) is 4. The average Bonchev–Trinajstić information content (AvgIpc) is 2.75. The Hall–Kier alpha value is -1.37. The Morgan fingerprint density at radius 2 is 2.15 bits per heavy atom. The van der Waals surface area contributed by atoms with Gasteiger partial charge in [0.1, 0.15) is 0 Å². The van der Waals surface area contributed by atoms with Crippen LogP contribution in [-0.2, 0) is 17.8 Å². The minimum Gasteiger partial charge on any atom is -0.481 e. The van der Waals surface area contributed by atoms with Crippen LogP contribution in [0.3, 0.4) is 0 Å². The molecule has 0 bridgehead atoms. The Bertz CT molecular complexity index is 492. The van der Waals surface area contributed by atoms with E-state index in [1.54, 1.807) is 0 Å². The van der Waals surface area contributed by atoms with Crippen molar-refractivity contribution in [2.75, 3.05) is 0 Å². The molecule has 6 heteroatoms. The molecule has 1 aromatic rings. The maximum atomic E-state index is 11.5. The molecule has 5 nitrogen and oxygen atoms in total. The number of fused-ring (bicyclic) bond motifs is 1. The fourth-order valence-corrected chi connectivity index (χ4v) is 3.07. The highest BCUT2D eigenvalue weighted by molar-refractivity contribution is 6.40. The van der Waals surface area contributed by atoms with Crippen LogP contribution < -0.4 is 5.73 Å². The minimum atomic E-state index is -1.31. The molecule has 1 aromatic carbocycles. The van der Waals surface area contributed by atoms with Gasteiger partial charge in [0.05, 0.1) is 5.92 Å². The van der Waals surface area contributed by atoms with E-state index in [0.29, 0.717) is 19.4 Å². The van der Waals surface area contributed by atoms with Crippen molar-refractivity contribution < 1.29 is 19.9 Å². The van der Waals surface area contributed by atoms with Crippen LogP contribution in [-0.4, -0.2) is 28.2 Å². The third-order valence-electron chi connectivity index (χ3n) is 4.04. The number of carboxylic acid groups (broad SMARTS) is 1. The van der Waals surface area contributed by atoms with Gasteiger partial charge >= 0.3 is 13.1 Å². The molecule has 0 aliphatic heterocycles. The van der Waals surface area contributed by atoms with Crippen molar-refractivity contribution in [1.29, 1.82) is 0 Å². The number of hydrogen-bond acceptors (Lipinski definition) is 4. The van der Waals surface area contributed by atoms with Crippen LogP contribution in [0.15, 0.2) is 18.2 Å². The highest BCUT2D eigenvalue weighted by Gasteiger charge is 2.37. The van der Waals surface area contributed by atoms with Crippen LogP contribution >= 0.6 is 0 Å². The highest BCUT2D eigenvalue weighted by atomic mass is 16.4. The lowest BCUT2D eigenvalue weighted by molar-refractivity contribution is -0.139. The molecule has 0 heterocycles. The molecule has 0 saturated heterocycles. The topological polar surface area (TPSA) is 104 Å². The molecule has 2 unspecified atom stereocenters. The zero-order chi connectivity index (χ0) is 14.7. The largest absolute Gasteiger partial charge is 0.481 e. The summed E-state index contributed by atoms with van der Waals surface area (Å²) in [5.41, 5.74) is 8.50. The lowest BCUT2D eigenvalue weighted by atomic mass is 9.80. The number of benzene rings is 1. The Kier molecular flexibility index (Phi) is 4.80. The summed E-state index contributed by atoms with van der Waals surface area (Å²) < 4.78 is 0. The predicted octanol–water partition coefficient (Wildman–Crippen LogP) is 0.739. The summed E-state index contributed by atoms with van der Waals surface area (Å²) in [6.45, 7) is 0.404. The lowest BCUT2D eigenvalue weighted by Crippen LogP contribution is -2.18. The van der Waals surface area contributed by atoms with Gasteiger partial charge in [-0.05, 0) is 41.8 Å². The van der Waals surface area contributed by atoms with Crippen molar-refractivity contribution in [3.05, 3.63) is 34.9 Å². The summed E-state index contributed by atoms with van der Waals surface area (Å²) in [7, 11) is -1.31. The second-order valence-corrected chi connectivity index (χ2v) is 5.43. The standard InChI is InChI=1S/C14H20BNO4/c16-8-9-3-4-10-7-11(2-1-5-15(19)20)13(14(17)18)12(10)6-9/h3-4,6,11,13,19-20H,1-2,5,7-8,16H2,(H,17,18). The quantitative estimate of drug-likeness (QED) is 0.574. The van der Waals surface area contributed by atoms with Gasteiger partial charge in [-0.1, -0.05) is 24.6 Å². The molecule has 5 N–H and O–H groups in total. The minimum absolute atomic E-state index is 0.0225. The summed E-state index contributed by atoms with van der Waals surface area (Å²) in [4.78, 5) is 11.5. The maximum absolute atomic E-state index is 11.5. The zero-order valence-electron chi connectivity index (χ0n) is 11.3. The van der Waals surface area contributed by atoms with E-state index >= 15 is 0 Å². The summed E-state index contributed by atoms with van der Waals surface area (Å²) in [6, 6.07) is 5.81. The molecule has 0 saturated carbocycles. The van der Waals surface area contributed by atoms with Crippen molar-refractivity contribution in [1.82, 2.24) is 0 Å². The number of rotatable bonds is 6. The van der Waals surface area contributed by atoms with E-state index in [9.17, 15) is 9.90 Å². The first-order valence-corrected chi connectivity index (χ1v) is 6.93. The molecule has 20 heavy (non-hydrogen) atoms. The summed E-state index contributed by atoms with van der Waals surface area (Å²) >= 11 is 0. The summed E-state index contributed by atoms with van der Waals surface area (Å²) in [5, 5.41) is 27.2. The van der Waals surface area contributed by atoms with Crippen LogP contribution in [0.2, 0.25) is 6.32 Å². The van der Waals surface area contributed by atoms with Gasteiger partial charge in [-0.25, -0.2) is 0 Å². The fourth-order valence-electron chi connectivity index (χ4n) is 3.07. The van der Waals surface area contributed by atoms with E-state index in [4.69, 9.17) is 15.8 Å². The normalized spacial score (nSPS) is 20.8. The molecular weight excluding hydrogens is 257 g/mol. The van der Waals surface area contributed by atoms with Crippen LogP contribution in [0.1, 0.15) is 35.4 Å². The molecule has 2 rings (SSSR count). The Labute approximate surface area is 118 Å². The molecule has 0 aromatic heterocycles. The Morgan fingerprint density at radius 1 is 1.40 bits per heavy atom. The van der Waals surface area contributed by atoms with E-state index in [0.717, 1.165) is 23.1 Å². The van der Waals surface area contributed by atoms with Crippen molar-refractivity contribution >= 4 is 13.1 Å². The second kappa shape index (κ2) is 6.39. The van der Waals surface area contributed by atoms with E-state index in [1.807, 2.05) is 18.2 Å². The van der Waals surface area contributed by atoms with Gasteiger partial charge in [0.25, 0.3) is 0 Å². The lowest BCUT2D eigenvalue weighted by Gasteiger charge is -2.16. The molecule has 108 valence electrons. The van der Waals surface area contributed by atoms with Crippen molar-refractivity contribution in [3.8, 4) is 0 Å². The van der Waals surface area contributed by atoms with Gasteiger partial charge in [0, 0.05) is 6.54 Å². The van der Waals surface area contributed by atoms with E-state index in [-0.39, 0.29) is 12.2 Å². The number of aliphatic carboxylic acids is 1. The number of carbonyl (C=O) groups is 1. The zero-order valence-corrected chi connectivity index (χ0v) is 11.3. The van der Waals surface area contributed by atoms with Crippen LogP contribution in [0.4, 0.5) is 0 Å². The maximum Gasteiger partial charge on any atom is 0.451 e. The SMILES string of the molecule is NCc1ccc2c(c1)C(C(=O)O)C(CCCB(O)O)C2. The predicted molar refractivity (Wildman–Crippen MR) is 76.1 cm³/mol. The van der Waals surface area contributed by atoms with E-state index < -0.39 is 19.0 Å². The third kappa shape index (κ3) is 3.20. The molecule has 0 amide bonds. The number of nitrogens with two attached hydrogens (primary N) is 1. The van der Waals surface area contributed by atoms with Gasteiger partial charge in [-0.15, -0.1) is 0 Å². The second-order valence-electron chi connectivity index (χ2n) is 5.43.